The maximum atomic E-state index is 13.3. The molecule has 0 spiro atoms. The first-order chi connectivity index (χ1) is 13.8. The van der Waals surface area contributed by atoms with Gasteiger partial charge in [-0.05, 0) is 48.4 Å². The number of pyridine rings is 1. The number of sulfonamides is 1. The predicted molar refractivity (Wildman–Crippen MR) is 108 cm³/mol. The lowest BCUT2D eigenvalue weighted by Gasteiger charge is -2.09. The Hall–Kier alpha value is -3.26. The van der Waals surface area contributed by atoms with E-state index in [2.05, 4.69) is 9.71 Å². The van der Waals surface area contributed by atoms with Gasteiger partial charge in [0.1, 0.15) is 17.3 Å². The van der Waals surface area contributed by atoms with Gasteiger partial charge in [-0.15, -0.1) is 0 Å². The van der Waals surface area contributed by atoms with Gasteiger partial charge in [0.2, 0.25) is 10.0 Å². The number of nitrogens with zero attached hydrogens (tertiary/aromatic N) is 2. The van der Waals surface area contributed by atoms with Crippen molar-refractivity contribution in [1.82, 2.24) is 9.38 Å². The van der Waals surface area contributed by atoms with Gasteiger partial charge >= 0.3 is 0 Å². The van der Waals surface area contributed by atoms with Crippen LogP contribution < -0.4 is 4.72 Å². The third-order valence-electron chi connectivity index (χ3n) is 4.41. The van der Waals surface area contributed by atoms with Crippen LogP contribution in [0.5, 0.6) is 0 Å². The first-order valence-electron chi connectivity index (χ1n) is 8.79. The van der Waals surface area contributed by atoms with Crippen LogP contribution in [0.25, 0.3) is 16.9 Å². The topological polar surface area (TPSA) is 63.5 Å². The van der Waals surface area contributed by atoms with E-state index in [9.17, 15) is 17.2 Å². The monoisotopic (exact) mass is 413 g/mol. The van der Waals surface area contributed by atoms with Gasteiger partial charge in [-0.25, -0.2) is 22.2 Å². The van der Waals surface area contributed by atoms with Gasteiger partial charge in [-0.3, -0.25) is 4.72 Å². The van der Waals surface area contributed by atoms with E-state index in [1.165, 1.54) is 0 Å². The average molecular weight is 413 g/mol. The Morgan fingerprint density at radius 3 is 2.38 bits per heavy atom. The van der Waals surface area contributed by atoms with E-state index in [-0.39, 0.29) is 5.56 Å². The van der Waals surface area contributed by atoms with Gasteiger partial charge in [0.25, 0.3) is 0 Å². The Labute approximate surface area is 166 Å². The number of halogens is 2. The van der Waals surface area contributed by atoms with E-state index >= 15 is 0 Å². The molecule has 0 radical (unpaired) electrons. The van der Waals surface area contributed by atoms with E-state index < -0.39 is 27.4 Å². The van der Waals surface area contributed by atoms with Crippen LogP contribution in [-0.2, 0) is 15.8 Å². The number of aromatic nitrogens is 2. The first-order valence-corrected chi connectivity index (χ1v) is 10.4. The number of nitrogens with one attached hydrogen (secondary N) is 1. The summed E-state index contributed by atoms with van der Waals surface area (Å²) in [6.45, 7) is 1.98. The molecule has 1 N–H and O–H groups in total. The maximum absolute atomic E-state index is 13.3. The van der Waals surface area contributed by atoms with Crippen LogP contribution in [0.2, 0.25) is 0 Å². The average Bonchev–Trinajstić information content (AvgIpc) is 3.06. The van der Waals surface area contributed by atoms with E-state index in [1.54, 1.807) is 24.3 Å². The molecule has 2 aromatic carbocycles. The Kier molecular flexibility index (Phi) is 4.79. The van der Waals surface area contributed by atoms with Crippen molar-refractivity contribution in [2.45, 2.75) is 12.7 Å². The van der Waals surface area contributed by atoms with Crippen molar-refractivity contribution in [2.24, 2.45) is 0 Å². The zero-order valence-electron chi connectivity index (χ0n) is 15.4. The fourth-order valence-electron chi connectivity index (χ4n) is 3.13. The van der Waals surface area contributed by atoms with Gasteiger partial charge in [0.05, 0.1) is 11.4 Å². The van der Waals surface area contributed by atoms with Crippen LogP contribution in [0, 0.1) is 18.6 Å². The van der Waals surface area contributed by atoms with Gasteiger partial charge in [-0.2, -0.15) is 0 Å². The van der Waals surface area contributed by atoms with Gasteiger partial charge in [-0.1, -0.05) is 18.2 Å². The molecule has 4 aromatic rings. The van der Waals surface area contributed by atoms with E-state index in [4.69, 9.17) is 0 Å². The second kappa shape index (κ2) is 7.29. The largest absolute Gasteiger partial charge is 0.306 e. The number of imidazole rings is 1. The molecule has 0 fully saturated rings. The van der Waals surface area contributed by atoms with Gasteiger partial charge in [0, 0.05) is 29.7 Å². The third kappa shape index (κ3) is 4.27. The van der Waals surface area contributed by atoms with Crippen molar-refractivity contribution in [2.75, 3.05) is 4.72 Å². The molecule has 4 rings (SSSR count). The van der Waals surface area contributed by atoms with E-state index in [1.807, 2.05) is 35.9 Å². The SMILES string of the molecule is Cc1cccn2cc(-c3ccc(NS(=O)(=O)Cc4cc(F)cc(F)c4)cc3)nc12. The highest BCUT2D eigenvalue weighted by molar-refractivity contribution is 7.91. The molecule has 148 valence electrons. The van der Waals surface area contributed by atoms with Crippen LogP contribution in [0.3, 0.4) is 0 Å². The molecule has 0 saturated carbocycles. The number of anilines is 1. The number of benzene rings is 2. The Bertz CT molecular complexity index is 1280. The Morgan fingerprint density at radius 1 is 1.03 bits per heavy atom. The lowest BCUT2D eigenvalue weighted by atomic mass is 10.1. The van der Waals surface area contributed by atoms with Crippen molar-refractivity contribution >= 4 is 21.4 Å². The fourth-order valence-corrected chi connectivity index (χ4v) is 4.30. The summed E-state index contributed by atoms with van der Waals surface area (Å²) in [4.78, 5) is 4.61. The van der Waals surface area contributed by atoms with Crippen LogP contribution in [0.1, 0.15) is 11.1 Å². The van der Waals surface area contributed by atoms with Gasteiger partial charge < -0.3 is 4.40 Å². The summed E-state index contributed by atoms with van der Waals surface area (Å²) in [5.74, 6) is -2.17. The number of hydrogen-bond acceptors (Lipinski definition) is 3. The molecule has 0 bridgehead atoms. The molecule has 8 heteroatoms. The number of rotatable bonds is 5. The van der Waals surface area contributed by atoms with E-state index in [0.717, 1.165) is 34.6 Å². The number of aryl methyl sites for hydroxylation is 1. The summed E-state index contributed by atoms with van der Waals surface area (Å²) in [7, 11) is -3.83. The molecule has 2 heterocycles. The summed E-state index contributed by atoms with van der Waals surface area (Å²) < 4.78 is 55.6. The second-order valence-electron chi connectivity index (χ2n) is 6.76. The quantitative estimate of drug-likeness (QED) is 0.523. The smallest absolute Gasteiger partial charge is 0.236 e. The van der Waals surface area contributed by atoms with Gasteiger partial charge in [0.15, 0.2) is 0 Å². The highest BCUT2D eigenvalue weighted by atomic mass is 32.2. The van der Waals surface area contributed by atoms with Crippen molar-refractivity contribution < 1.29 is 17.2 Å². The van der Waals surface area contributed by atoms with Crippen molar-refractivity contribution in [1.29, 1.82) is 0 Å². The molecule has 29 heavy (non-hydrogen) atoms. The summed E-state index contributed by atoms with van der Waals surface area (Å²) in [6.07, 6.45) is 3.82. The van der Waals surface area contributed by atoms with Crippen LogP contribution in [0.4, 0.5) is 14.5 Å². The normalized spacial score (nSPS) is 11.7. The molecular weight excluding hydrogens is 396 g/mol. The first kappa shape index (κ1) is 19.1. The number of fused-ring (bicyclic) bond motifs is 1. The Morgan fingerprint density at radius 2 is 1.72 bits per heavy atom. The van der Waals surface area contributed by atoms with Crippen LogP contribution >= 0.6 is 0 Å². The summed E-state index contributed by atoms with van der Waals surface area (Å²) in [5.41, 5.74) is 3.90. The molecule has 0 atom stereocenters. The summed E-state index contributed by atoms with van der Waals surface area (Å²) >= 11 is 0. The van der Waals surface area contributed by atoms with E-state index in [0.29, 0.717) is 11.8 Å². The zero-order valence-corrected chi connectivity index (χ0v) is 16.2. The van der Waals surface area contributed by atoms with Crippen LogP contribution in [0.15, 0.2) is 67.0 Å². The van der Waals surface area contributed by atoms with Crippen molar-refractivity contribution in [3.8, 4) is 11.3 Å². The summed E-state index contributed by atoms with van der Waals surface area (Å²) in [6, 6.07) is 13.4. The third-order valence-corrected chi connectivity index (χ3v) is 5.67. The lowest BCUT2D eigenvalue weighted by Crippen LogP contribution is -2.15. The molecule has 0 aliphatic rings. The van der Waals surface area contributed by atoms with Crippen molar-refractivity contribution in [3.63, 3.8) is 0 Å². The molecule has 0 unspecified atom stereocenters. The predicted octanol–water partition coefficient (Wildman–Crippen LogP) is 4.53. The molecule has 0 aliphatic heterocycles. The summed E-state index contributed by atoms with van der Waals surface area (Å²) in [5, 5.41) is 0. The lowest BCUT2D eigenvalue weighted by molar-refractivity contribution is 0.579. The molecule has 0 amide bonds. The minimum atomic E-state index is -3.83. The maximum Gasteiger partial charge on any atom is 0.236 e. The molecular formula is C21H17F2N3O2S. The molecule has 0 saturated heterocycles. The molecule has 0 aliphatic carbocycles. The standard InChI is InChI=1S/C21H17F2N3O2S/c1-14-3-2-8-26-12-20(24-21(14)26)16-4-6-19(7-5-16)25-29(27,28)13-15-9-17(22)11-18(23)10-15/h2-12,25H,13H2,1H3. The van der Waals surface area contributed by atoms with Crippen LogP contribution in [-0.4, -0.2) is 17.8 Å². The highest BCUT2D eigenvalue weighted by Gasteiger charge is 2.14. The van der Waals surface area contributed by atoms with Crippen molar-refractivity contribution in [3.05, 3.63) is 89.8 Å². The Balaban J connectivity index is 1.53. The zero-order chi connectivity index (χ0) is 20.6. The molecule has 2 aromatic heterocycles. The molecule has 5 nitrogen and oxygen atoms in total. The fraction of sp³-hybridized carbons (Fsp3) is 0.0952. The number of hydrogen-bond donors (Lipinski definition) is 1. The highest BCUT2D eigenvalue weighted by Crippen LogP contribution is 2.23. The minimum absolute atomic E-state index is 0.0340. The minimum Gasteiger partial charge on any atom is -0.306 e. The second-order valence-corrected chi connectivity index (χ2v) is 8.49.